The van der Waals surface area contributed by atoms with Crippen LogP contribution in [0.2, 0.25) is 0 Å². The monoisotopic (exact) mass is 259 g/mol. The lowest BCUT2D eigenvalue weighted by Crippen LogP contribution is -2.31. The first-order valence-corrected chi connectivity index (χ1v) is 7.94. The topological polar surface area (TPSA) is 12.0 Å². The first-order valence-electron chi connectivity index (χ1n) is 7.94. The van der Waals surface area contributed by atoms with Crippen LogP contribution in [0.4, 0.5) is 0 Å². The quantitative estimate of drug-likeness (QED) is 0.820. The Morgan fingerprint density at radius 3 is 2.74 bits per heavy atom. The van der Waals surface area contributed by atoms with Gasteiger partial charge in [0.15, 0.2) is 0 Å². The maximum absolute atomic E-state index is 3.67. The molecule has 1 fully saturated rings. The van der Waals surface area contributed by atoms with Crippen molar-refractivity contribution in [1.82, 2.24) is 5.32 Å². The molecule has 0 saturated heterocycles. The van der Waals surface area contributed by atoms with Crippen LogP contribution in [0.3, 0.4) is 0 Å². The van der Waals surface area contributed by atoms with Crippen LogP contribution in [0.25, 0.3) is 0 Å². The van der Waals surface area contributed by atoms with Gasteiger partial charge in [-0.2, -0.15) is 0 Å². The number of hydrogen-bond donors (Lipinski definition) is 1. The summed E-state index contributed by atoms with van der Waals surface area (Å²) in [5.41, 5.74) is 2.97. The molecule has 1 aromatic rings. The van der Waals surface area contributed by atoms with E-state index in [4.69, 9.17) is 0 Å². The Kier molecular flexibility index (Phi) is 5.45. The van der Waals surface area contributed by atoms with Crippen LogP contribution >= 0.6 is 0 Å². The van der Waals surface area contributed by atoms with Gasteiger partial charge in [0.1, 0.15) is 0 Å². The summed E-state index contributed by atoms with van der Waals surface area (Å²) < 4.78 is 0. The average Bonchev–Trinajstić information content (AvgIpc) is 2.39. The molecule has 0 heterocycles. The fourth-order valence-electron chi connectivity index (χ4n) is 3.35. The molecule has 1 N–H and O–H groups in total. The maximum Gasteiger partial charge on any atom is -0.00146 e. The van der Waals surface area contributed by atoms with Gasteiger partial charge in [-0.05, 0) is 56.2 Å². The van der Waals surface area contributed by atoms with Gasteiger partial charge in [0.05, 0.1) is 0 Å². The summed E-state index contributed by atoms with van der Waals surface area (Å²) in [6.45, 7) is 9.12. The SMILES string of the molecule is Cc1cccc(C2CCCCC2CNCC(C)C)c1. The smallest absolute Gasteiger partial charge is 0.00146 e. The Balaban J connectivity index is 1.99. The predicted molar refractivity (Wildman–Crippen MR) is 83.6 cm³/mol. The van der Waals surface area contributed by atoms with Crippen molar-refractivity contribution >= 4 is 0 Å². The minimum absolute atomic E-state index is 0.751. The molecule has 1 aliphatic rings. The molecule has 1 aliphatic carbocycles. The summed E-state index contributed by atoms with van der Waals surface area (Å²) in [6.07, 6.45) is 5.58. The number of aryl methyl sites for hydroxylation is 1. The van der Waals surface area contributed by atoms with Gasteiger partial charge >= 0.3 is 0 Å². The van der Waals surface area contributed by atoms with Gasteiger partial charge in [0, 0.05) is 0 Å². The lowest BCUT2D eigenvalue weighted by molar-refractivity contribution is 0.292. The highest BCUT2D eigenvalue weighted by Gasteiger charge is 2.26. The zero-order valence-corrected chi connectivity index (χ0v) is 12.8. The molecule has 0 radical (unpaired) electrons. The second-order valence-electron chi connectivity index (χ2n) is 6.62. The largest absolute Gasteiger partial charge is 0.316 e. The molecule has 2 unspecified atom stereocenters. The normalized spacial score (nSPS) is 23.8. The highest BCUT2D eigenvalue weighted by Crippen LogP contribution is 2.37. The minimum Gasteiger partial charge on any atom is -0.316 e. The van der Waals surface area contributed by atoms with Crippen LogP contribution in [-0.4, -0.2) is 13.1 Å². The van der Waals surface area contributed by atoms with Crippen molar-refractivity contribution in [2.24, 2.45) is 11.8 Å². The van der Waals surface area contributed by atoms with Crippen molar-refractivity contribution in [2.45, 2.75) is 52.4 Å². The van der Waals surface area contributed by atoms with Gasteiger partial charge in [-0.25, -0.2) is 0 Å². The third-order valence-corrected chi connectivity index (χ3v) is 4.34. The number of rotatable bonds is 5. The van der Waals surface area contributed by atoms with Gasteiger partial charge in [-0.3, -0.25) is 0 Å². The number of benzene rings is 1. The van der Waals surface area contributed by atoms with E-state index in [0.717, 1.165) is 24.3 Å². The van der Waals surface area contributed by atoms with Gasteiger partial charge in [0.2, 0.25) is 0 Å². The lowest BCUT2D eigenvalue weighted by Gasteiger charge is -2.32. The zero-order valence-electron chi connectivity index (χ0n) is 12.8. The Morgan fingerprint density at radius 1 is 1.21 bits per heavy atom. The Morgan fingerprint density at radius 2 is 2.00 bits per heavy atom. The summed E-state index contributed by atoms with van der Waals surface area (Å²) in [5.74, 6) is 2.35. The van der Waals surface area contributed by atoms with E-state index in [0.29, 0.717) is 0 Å². The number of nitrogens with one attached hydrogen (secondary N) is 1. The second kappa shape index (κ2) is 7.09. The van der Waals surface area contributed by atoms with Crippen LogP contribution in [0.15, 0.2) is 24.3 Å². The van der Waals surface area contributed by atoms with Crippen molar-refractivity contribution in [3.05, 3.63) is 35.4 Å². The van der Waals surface area contributed by atoms with E-state index < -0.39 is 0 Å². The predicted octanol–water partition coefficient (Wildman–Crippen LogP) is 4.51. The molecule has 19 heavy (non-hydrogen) atoms. The van der Waals surface area contributed by atoms with Crippen molar-refractivity contribution in [1.29, 1.82) is 0 Å². The fourth-order valence-corrected chi connectivity index (χ4v) is 3.35. The van der Waals surface area contributed by atoms with Crippen LogP contribution < -0.4 is 5.32 Å². The van der Waals surface area contributed by atoms with Crippen LogP contribution in [-0.2, 0) is 0 Å². The van der Waals surface area contributed by atoms with Crippen LogP contribution in [0.5, 0.6) is 0 Å². The summed E-state index contributed by atoms with van der Waals surface area (Å²) >= 11 is 0. The van der Waals surface area contributed by atoms with Crippen LogP contribution in [0, 0.1) is 18.8 Å². The standard InChI is InChI=1S/C18H29N/c1-14(2)12-19-13-17-8-4-5-10-18(17)16-9-6-7-15(3)11-16/h6-7,9,11,14,17-19H,4-5,8,10,12-13H2,1-3H3. The van der Waals surface area contributed by atoms with Crippen molar-refractivity contribution in [3.8, 4) is 0 Å². The van der Waals surface area contributed by atoms with Crippen molar-refractivity contribution < 1.29 is 0 Å². The van der Waals surface area contributed by atoms with Crippen molar-refractivity contribution in [2.75, 3.05) is 13.1 Å². The molecule has 2 rings (SSSR count). The summed E-state index contributed by atoms with van der Waals surface area (Å²) in [6, 6.07) is 9.15. The third-order valence-electron chi connectivity index (χ3n) is 4.34. The minimum atomic E-state index is 0.751. The summed E-state index contributed by atoms with van der Waals surface area (Å²) in [4.78, 5) is 0. The second-order valence-corrected chi connectivity index (χ2v) is 6.62. The highest BCUT2D eigenvalue weighted by atomic mass is 14.9. The van der Waals surface area contributed by atoms with E-state index in [9.17, 15) is 0 Å². The van der Waals surface area contributed by atoms with Gasteiger partial charge in [-0.1, -0.05) is 56.5 Å². The van der Waals surface area contributed by atoms with E-state index in [1.54, 1.807) is 5.56 Å². The first kappa shape index (κ1) is 14.6. The lowest BCUT2D eigenvalue weighted by atomic mass is 9.75. The van der Waals surface area contributed by atoms with Gasteiger partial charge in [-0.15, -0.1) is 0 Å². The number of hydrogen-bond acceptors (Lipinski definition) is 1. The molecule has 106 valence electrons. The Hall–Kier alpha value is -0.820. The fraction of sp³-hybridized carbons (Fsp3) is 0.667. The van der Waals surface area contributed by atoms with E-state index in [2.05, 4.69) is 50.4 Å². The average molecular weight is 259 g/mol. The molecule has 0 amide bonds. The van der Waals surface area contributed by atoms with E-state index in [1.165, 1.54) is 37.8 Å². The molecule has 1 nitrogen and oxygen atoms in total. The van der Waals surface area contributed by atoms with E-state index >= 15 is 0 Å². The van der Waals surface area contributed by atoms with Crippen LogP contribution in [0.1, 0.15) is 56.6 Å². The molecule has 1 aromatic carbocycles. The summed E-state index contributed by atoms with van der Waals surface area (Å²) in [7, 11) is 0. The van der Waals surface area contributed by atoms with Gasteiger partial charge in [0.25, 0.3) is 0 Å². The molecular formula is C18H29N. The summed E-state index contributed by atoms with van der Waals surface area (Å²) in [5, 5.41) is 3.67. The molecule has 0 bridgehead atoms. The third kappa shape index (κ3) is 4.35. The Labute approximate surface area is 118 Å². The van der Waals surface area contributed by atoms with Crippen molar-refractivity contribution in [3.63, 3.8) is 0 Å². The maximum atomic E-state index is 3.67. The molecule has 1 saturated carbocycles. The zero-order chi connectivity index (χ0) is 13.7. The molecular weight excluding hydrogens is 230 g/mol. The van der Waals surface area contributed by atoms with E-state index in [-0.39, 0.29) is 0 Å². The highest BCUT2D eigenvalue weighted by molar-refractivity contribution is 5.26. The molecule has 2 atom stereocenters. The van der Waals surface area contributed by atoms with E-state index in [1.807, 2.05) is 0 Å². The van der Waals surface area contributed by atoms with Gasteiger partial charge < -0.3 is 5.32 Å². The Bertz CT molecular complexity index is 383. The first-order chi connectivity index (χ1) is 9.16. The molecule has 0 aliphatic heterocycles. The molecule has 0 spiro atoms. The molecule has 1 heteroatoms. The molecule has 0 aromatic heterocycles.